The number of rotatable bonds is 4. The lowest BCUT2D eigenvalue weighted by atomic mass is 9.88. The molecule has 0 aliphatic carbocycles. The Kier molecular flexibility index (Phi) is 5.52. The van der Waals surface area contributed by atoms with Crippen molar-refractivity contribution in [2.24, 2.45) is 0 Å². The summed E-state index contributed by atoms with van der Waals surface area (Å²) in [4.78, 5) is 13.5. The highest BCUT2D eigenvalue weighted by Crippen LogP contribution is 2.41. The van der Waals surface area contributed by atoms with E-state index < -0.39 is 0 Å². The Bertz CT molecular complexity index is 1920. The van der Waals surface area contributed by atoms with Crippen molar-refractivity contribution >= 4 is 49.8 Å². The Morgan fingerprint density at radius 2 is 1.97 bits per heavy atom. The number of furan rings is 1. The number of hydrogen-bond acceptors (Lipinski definition) is 7. The standard InChI is InChI=1S/C30H23N5O3S/c1-3-22(29(36)33-30-34-31-16-39-30)28-23-6-4-5-7-27(23)37-15-20-13-25-19(12-24(20)28)14-32-35(25)21-8-9-26-18(11-21)10-17(2)38-26/h4-14,16H,3,15H2,1-2H3,(H,33,34,36)/b28-22+. The molecule has 9 heteroatoms. The number of ether oxygens (including phenoxy) is 1. The van der Waals surface area contributed by atoms with E-state index in [1.54, 1.807) is 5.51 Å². The second-order valence-electron chi connectivity index (χ2n) is 9.39. The number of benzene rings is 3. The first-order valence-electron chi connectivity index (χ1n) is 12.6. The van der Waals surface area contributed by atoms with Crippen LogP contribution in [0.25, 0.3) is 33.1 Å². The molecule has 8 nitrogen and oxygen atoms in total. The lowest BCUT2D eigenvalue weighted by molar-refractivity contribution is -0.112. The van der Waals surface area contributed by atoms with Gasteiger partial charge in [0, 0.05) is 27.5 Å². The third kappa shape index (κ3) is 3.98. The fourth-order valence-corrected chi connectivity index (χ4v) is 5.69. The predicted octanol–water partition coefficient (Wildman–Crippen LogP) is 6.67. The van der Waals surface area contributed by atoms with Gasteiger partial charge in [-0.25, -0.2) is 4.68 Å². The zero-order valence-electron chi connectivity index (χ0n) is 21.3. The number of carbonyl (C=O) groups excluding carboxylic acids is 1. The lowest BCUT2D eigenvalue weighted by Crippen LogP contribution is -2.16. The number of amides is 1. The van der Waals surface area contributed by atoms with E-state index >= 15 is 0 Å². The molecule has 0 spiro atoms. The van der Waals surface area contributed by atoms with Crippen molar-refractivity contribution in [3.63, 3.8) is 0 Å². The van der Waals surface area contributed by atoms with Crippen LogP contribution in [0.1, 0.15) is 35.8 Å². The summed E-state index contributed by atoms with van der Waals surface area (Å²) in [5, 5.41) is 17.9. The maximum Gasteiger partial charge on any atom is 0.254 e. The number of aryl methyl sites for hydroxylation is 1. The molecule has 0 unspecified atom stereocenters. The van der Waals surface area contributed by atoms with Crippen LogP contribution in [-0.2, 0) is 11.4 Å². The number of fused-ring (bicyclic) bond motifs is 4. The van der Waals surface area contributed by atoms with Gasteiger partial charge in [-0.2, -0.15) is 5.10 Å². The largest absolute Gasteiger partial charge is 0.488 e. The van der Waals surface area contributed by atoms with E-state index in [0.717, 1.165) is 61.3 Å². The van der Waals surface area contributed by atoms with Gasteiger partial charge in [0.1, 0.15) is 29.2 Å². The Morgan fingerprint density at radius 3 is 2.82 bits per heavy atom. The van der Waals surface area contributed by atoms with Crippen LogP contribution in [0.15, 0.2) is 82.4 Å². The number of anilines is 1. The number of hydrogen-bond donors (Lipinski definition) is 1. The van der Waals surface area contributed by atoms with Crippen LogP contribution in [0, 0.1) is 6.92 Å². The van der Waals surface area contributed by atoms with Crippen molar-refractivity contribution in [3.8, 4) is 11.4 Å². The average Bonchev–Trinajstić information content (AvgIpc) is 3.67. The van der Waals surface area contributed by atoms with Crippen LogP contribution < -0.4 is 10.1 Å². The average molecular weight is 534 g/mol. The van der Waals surface area contributed by atoms with Gasteiger partial charge < -0.3 is 9.15 Å². The van der Waals surface area contributed by atoms with E-state index in [-0.39, 0.29) is 5.91 Å². The molecule has 39 heavy (non-hydrogen) atoms. The number of para-hydroxylation sites is 1. The van der Waals surface area contributed by atoms with Crippen molar-refractivity contribution in [1.29, 1.82) is 0 Å². The van der Waals surface area contributed by atoms with E-state index in [0.29, 0.717) is 23.7 Å². The number of carbonyl (C=O) groups is 1. The van der Waals surface area contributed by atoms with E-state index in [2.05, 4.69) is 33.7 Å². The van der Waals surface area contributed by atoms with Crippen molar-refractivity contribution in [2.75, 3.05) is 5.32 Å². The normalized spacial score (nSPS) is 14.0. The van der Waals surface area contributed by atoms with Crippen LogP contribution in [0.4, 0.5) is 5.13 Å². The molecule has 0 radical (unpaired) electrons. The molecule has 4 heterocycles. The molecule has 1 aliphatic heterocycles. The second kappa shape index (κ2) is 9.21. The minimum Gasteiger partial charge on any atom is -0.488 e. The first-order chi connectivity index (χ1) is 19.1. The van der Waals surface area contributed by atoms with Gasteiger partial charge in [0.05, 0.1) is 17.4 Å². The van der Waals surface area contributed by atoms with E-state index in [1.807, 2.05) is 67.2 Å². The summed E-state index contributed by atoms with van der Waals surface area (Å²) in [5.41, 5.74) is 8.66. The van der Waals surface area contributed by atoms with Crippen LogP contribution >= 0.6 is 11.3 Å². The quantitative estimate of drug-likeness (QED) is 0.254. The van der Waals surface area contributed by atoms with Crippen LogP contribution in [-0.4, -0.2) is 25.9 Å². The van der Waals surface area contributed by atoms with Crippen LogP contribution in [0.5, 0.6) is 5.75 Å². The van der Waals surface area contributed by atoms with Gasteiger partial charge >= 0.3 is 0 Å². The highest BCUT2D eigenvalue weighted by Gasteiger charge is 2.26. The van der Waals surface area contributed by atoms with Gasteiger partial charge in [0.2, 0.25) is 5.13 Å². The van der Waals surface area contributed by atoms with E-state index in [1.165, 1.54) is 11.3 Å². The van der Waals surface area contributed by atoms with Gasteiger partial charge in [-0.05, 0) is 66.9 Å². The molecule has 0 bridgehead atoms. The summed E-state index contributed by atoms with van der Waals surface area (Å²) in [7, 11) is 0. The second-order valence-corrected chi connectivity index (χ2v) is 10.2. The summed E-state index contributed by atoms with van der Waals surface area (Å²) >= 11 is 1.29. The van der Waals surface area contributed by atoms with Crippen molar-refractivity contribution in [3.05, 3.63) is 100 Å². The molecule has 1 amide bonds. The fraction of sp³-hybridized carbons (Fsp3) is 0.133. The van der Waals surface area contributed by atoms with E-state index in [4.69, 9.17) is 14.3 Å². The van der Waals surface area contributed by atoms with Gasteiger partial charge in [-0.15, -0.1) is 10.2 Å². The molecule has 3 aromatic heterocycles. The zero-order chi connectivity index (χ0) is 26.5. The summed E-state index contributed by atoms with van der Waals surface area (Å²) in [6, 6.07) is 20.2. The molecule has 192 valence electrons. The van der Waals surface area contributed by atoms with Crippen molar-refractivity contribution < 1.29 is 13.9 Å². The molecule has 1 N–H and O–H groups in total. The maximum atomic E-state index is 13.5. The molecule has 0 saturated heterocycles. The highest BCUT2D eigenvalue weighted by atomic mass is 32.1. The summed E-state index contributed by atoms with van der Waals surface area (Å²) in [5.74, 6) is 1.41. The van der Waals surface area contributed by atoms with Gasteiger partial charge in [0.25, 0.3) is 5.91 Å². The first kappa shape index (κ1) is 23.4. The monoisotopic (exact) mass is 533 g/mol. The Balaban J connectivity index is 1.42. The minimum atomic E-state index is -0.202. The Hall–Kier alpha value is -4.76. The number of aromatic nitrogens is 4. The molecule has 6 aromatic rings. The summed E-state index contributed by atoms with van der Waals surface area (Å²) < 4.78 is 14.0. The highest BCUT2D eigenvalue weighted by molar-refractivity contribution is 7.13. The molecule has 3 aromatic carbocycles. The summed E-state index contributed by atoms with van der Waals surface area (Å²) in [6.45, 7) is 4.30. The molecule has 0 fully saturated rings. The number of nitrogens with one attached hydrogen (secondary N) is 1. The molecular weight excluding hydrogens is 510 g/mol. The lowest BCUT2D eigenvalue weighted by Gasteiger charge is -2.16. The van der Waals surface area contributed by atoms with Gasteiger partial charge in [0.15, 0.2) is 0 Å². The molecule has 0 atom stereocenters. The van der Waals surface area contributed by atoms with Gasteiger partial charge in [-0.3, -0.25) is 10.1 Å². The van der Waals surface area contributed by atoms with Gasteiger partial charge in [-0.1, -0.05) is 36.5 Å². The van der Waals surface area contributed by atoms with E-state index in [9.17, 15) is 4.79 Å². The third-order valence-corrected chi connectivity index (χ3v) is 7.59. The minimum absolute atomic E-state index is 0.202. The Morgan fingerprint density at radius 1 is 1.08 bits per heavy atom. The van der Waals surface area contributed by atoms with Crippen LogP contribution in [0.3, 0.4) is 0 Å². The fourth-order valence-electron chi connectivity index (χ4n) is 5.25. The smallest absolute Gasteiger partial charge is 0.254 e. The third-order valence-electron chi connectivity index (χ3n) is 6.98. The van der Waals surface area contributed by atoms with Crippen LogP contribution in [0.2, 0.25) is 0 Å². The first-order valence-corrected chi connectivity index (χ1v) is 13.5. The molecule has 0 saturated carbocycles. The molecule has 1 aliphatic rings. The maximum absolute atomic E-state index is 13.5. The molecule has 7 rings (SSSR count). The van der Waals surface area contributed by atoms with Crippen molar-refractivity contribution in [1.82, 2.24) is 20.0 Å². The zero-order valence-corrected chi connectivity index (χ0v) is 22.1. The Labute approximate surface area is 227 Å². The number of nitrogens with zero attached hydrogens (tertiary/aromatic N) is 4. The van der Waals surface area contributed by atoms with Crippen molar-refractivity contribution in [2.45, 2.75) is 26.9 Å². The topological polar surface area (TPSA) is 95.1 Å². The molecular formula is C30H23N5O3S. The predicted molar refractivity (Wildman–Crippen MR) is 151 cm³/mol. The summed E-state index contributed by atoms with van der Waals surface area (Å²) in [6.07, 6.45) is 2.39. The SMILES string of the molecule is CC/C(C(=O)Nc1nncs1)=C1\c2cc3cnn(-c4ccc5oc(C)cc5c4)c3cc2COc2ccccc21.